The molecule has 3 nitrogen and oxygen atoms in total. The van der Waals surface area contributed by atoms with Gasteiger partial charge in [-0.05, 0) is 60.0 Å². The fourth-order valence-electron chi connectivity index (χ4n) is 2.54. The van der Waals surface area contributed by atoms with Gasteiger partial charge in [-0.25, -0.2) is 0 Å². The highest BCUT2D eigenvalue weighted by Gasteiger charge is 2.20. The van der Waals surface area contributed by atoms with Gasteiger partial charge >= 0.3 is 0 Å². The lowest BCUT2D eigenvalue weighted by Crippen LogP contribution is -2.22. The zero-order valence-electron chi connectivity index (χ0n) is 11.5. The number of furan rings is 1. The minimum atomic E-state index is 0.0355. The second kappa shape index (κ2) is 5.90. The van der Waals surface area contributed by atoms with E-state index in [0.29, 0.717) is 5.22 Å². The van der Waals surface area contributed by atoms with Crippen LogP contribution in [0.3, 0.4) is 0 Å². The average Bonchev–Trinajstić information content (AvgIpc) is 3.07. The van der Waals surface area contributed by atoms with Crippen LogP contribution < -0.4 is 10.1 Å². The summed E-state index contributed by atoms with van der Waals surface area (Å²) in [7, 11) is 0. The van der Waals surface area contributed by atoms with Gasteiger partial charge in [-0.15, -0.1) is 0 Å². The van der Waals surface area contributed by atoms with Crippen LogP contribution in [0.15, 0.2) is 34.7 Å². The summed E-state index contributed by atoms with van der Waals surface area (Å²) >= 11 is 5.91. The van der Waals surface area contributed by atoms with Crippen LogP contribution in [0, 0.1) is 0 Å². The van der Waals surface area contributed by atoms with E-state index in [4.69, 9.17) is 20.8 Å². The molecule has 1 aromatic carbocycles. The summed E-state index contributed by atoms with van der Waals surface area (Å²) in [6, 6.07) is 10.1. The standard InChI is InChI=1S/C16H18ClNO2/c1-2-8-18-16(14-5-6-15(17)20-14)12-3-4-13-11(10-12)7-9-19-13/h3-6,10,16,18H,2,7-9H2,1H3. The van der Waals surface area contributed by atoms with E-state index in [9.17, 15) is 0 Å². The van der Waals surface area contributed by atoms with Gasteiger partial charge in [-0.2, -0.15) is 0 Å². The van der Waals surface area contributed by atoms with Gasteiger partial charge in [0.25, 0.3) is 0 Å². The lowest BCUT2D eigenvalue weighted by Gasteiger charge is -2.17. The molecule has 1 N–H and O–H groups in total. The van der Waals surface area contributed by atoms with E-state index in [2.05, 4.69) is 24.4 Å². The Balaban J connectivity index is 1.92. The van der Waals surface area contributed by atoms with Crippen molar-refractivity contribution in [2.45, 2.75) is 25.8 Å². The van der Waals surface area contributed by atoms with Crippen molar-refractivity contribution < 1.29 is 9.15 Å². The third kappa shape index (κ3) is 2.69. The molecule has 2 heterocycles. The van der Waals surface area contributed by atoms with E-state index in [0.717, 1.165) is 37.5 Å². The van der Waals surface area contributed by atoms with Crippen LogP contribution in [0.1, 0.15) is 36.3 Å². The molecule has 3 rings (SSSR count). The summed E-state index contributed by atoms with van der Waals surface area (Å²) in [5.74, 6) is 1.85. The third-order valence-electron chi connectivity index (χ3n) is 3.52. The summed E-state index contributed by atoms with van der Waals surface area (Å²) in [4.78, 5) is 0. The predicted octanol–water partition coefficient (Wildman–Crippen LogP) is 3.96. The Kier molecular flexibility index (Phi) is 3.99. The molecule has 0 saturated heterocycles. The van der Waals surface area contributed by atoms with Gasteiger partial charge in [0.1, 0.15) is 11.5 Å². The molecule has 1 unspecified atom stereocenters. The predicted molar refractivity (Wildman–Crippen MR) is 79.5 cm³/mol. The highest BCUT2D eigenvalue weighted by atomic mass is 35.5. The lowest BCUT2D eigenvalue weighted by molar-refractivity contribution is 0.356. The molecule has 1 aromatic heterocycles. The van der Waals surface area contributed by atoms with Crippen molar-refractivity contribution >= 4 is 11.6 Å². The number of nitrogens with one attached hydrogen (secondary N) is 1. The van der Waals surface area contributed by atoms with Crippen molar-refractivity contribution in [3.8, 4) is 5.75 Å². The van der Waals surface area contributed by atoms with Gasteiger partial charge in [0.15, 0.2) is 5.22 Å². The zero-order valence-corrected chi connectivity index (χ0v) is 12.2. The van der Waals surface area contributed by atoms with Crippen molar-refractivity contribution in [3.05, 3.63) is 52.4 Å². The number of benzene rings is 1. The molecular weight excluding hydrogens is 274 g/mol. The fraction of sp³-hybridized carbons (Fsp3) is 0.375. The SMILES string of the molecule is CCCNC(c1ccc2c(c1)CCO2)c1ccc(Cl)o1. The summed E-state index contributed by atoms with van der Waals surface area (Å²) in [6.07, 6.45) is 2.04. The summed E-state index contributed by atoms with van der Waals surface area (Å²) in [5, 5.41) is 3.94. The summed E-state index contributed by atoms with van der Waals surface area (Å²) in [5.41, 5.74) is 2.46. The van der Waals surface area contributed by atoms with E-state index >= 15 is 0 Å². The molecule has 1 aliphatic heterocycles. The number of hydrogen-bond donors (Lipinski definition) is 1. The van der Waals surface area contributed by atoms with E-state index in [1.54, 1.807) is 6.07 Å². The molecule has 0 radical (unpaired) electrons. The molecule has 20 heavy (non-hydrogen) atoms. The molecule has 0 bridgehead atoms. The van der Waals surface area contributed by atoms with Crippen molar-refractivity contribution in [1.82, 2.24) is 5.32 Å². The summed E-state index contributed by atoms with van der Waals surface area (Å²) in [6.45, 7) is 3.85. The quantitative estimate of drug-likeness (QED) is 0.905. The Morgan fingerprint density at radius 1 is 1.30 bits per heavy atom. The van der Waals surface area contributed by atoms with Crippen LogP contribution in [0.2, 0.25) is 5.22 Å². The normalized spacial score (nSPS) is 14.9. The van der Waals surface area contributed by atoms with Crippen LogP contribution >= 0.6 is 11.6 Å². The van der Waals surface area contributed by atoms with Crippen molar-refractivity contribution in [3.63, 3.8) is 0 Å². The molecule has 0 amide bonds. The Morgan fingerprint density at radius 3 is 2.95 bits per heavy atom. The van der Waals surface area contributed by atoms with Crippen molar-refractivity contribution in [2.75, 3.05) is 13.2 Å². The lowest BCUT2D eigenvalue weighted by atomic mass is 10.0. The van der Waals surface area contributed by atoms with Gasteiger partial charge < -0.3 is 14.5 Å². The number of ether oxygens (including phenoxy) is 1. The maximum absolute atomic E-state index is 5.91. The largest absolute Gasteiger partial charge is 0.493 e. The highest BCUT2D eigenvalue weighted by Crippen LogP contribution is 2.31. The van der Waals surface area contributed by atoms with Gasteiger partial charge in [0.2, 0.25) is 0 Å². The van der Waals surface area contributed by atoms with Crippen LogP contribution in [-0.4, -0.2) is 13.2 Å². The van der Waals surface area contributed by atoms with Crippen LogP contribution in [0.25, 0.3) is 0 Å². The molecule has 1 aliphatic rings. The van der Waals surface area contributed by atoms with E-state index in [1.807, 2.05) is 12.1 Å². The van der Waals surface area contributed by atoms with Crippen LogP contribution in [0.4, 0.5) is 0 Å². The minimum Gasteiger partial charge on any atom is -0.493 e. The Morgan fingerprint density at radius 2 is 2.20 bits per heavy atom. The van der Waals surface area contributed by atoms with E-state index in [1.165, 1.54) is 11.1 Å². The smallest absolute Gasteiger partial charge is 0.193 e. The van der Waals surface area contributed by atoms with Gasteiger partial charge in [-0.1, -0.05) is 13.0 Å². The first-order valence-electron chi connectivity index (χ1n) is 7.02. The first-order valence-corrected chi connectivity index (χ1v) is 7.40. The van der Waals surface area contributed by atoms with E-state index < -0.39 is 0 Å². The Labute approximate surface area is 123 Å². The second-order valence-corrected chi connectivity index (χ2v) is 5.37. The highest BCUT2D eigenvalue weighted by molar-refractivity contribution is 6.28. The Bertz CT molecular complexity index is 594. The van der Waals surface area contributed by atoms with Crippen molar-refractivity contribution in [1.29, 1.82) is 0 Å². The number of hydrogen-bond acceptors (Lipinski definition) is 3. The molecule has 0 saturated carbocycles. The van der Waals surface area contributed by atoms with Crippen molar-refractivity contribution in [2.24, 2.45) is 0 Å². The molecule has 2 aromatic rings. The number of fused-ring (bicyclic) bond motifs is 1. The number of rotatable bonds is 5. The maximum Gasteiger partial charge on any atom is 0.193 e. The fourth-order valence-corrected chi connectivity index (χ4v) is 2.69. The van der Waals surface area contributed by atoms with Gasteiger partial charge in [-0.3, -0.25) is 0 Å². The minimum absolute atomic E-state index is 0.0355. The van der Waals surface area contributed by atoms with E-state index in [-0.39, 0.29) is 6.04 Å². The third-order valence-corrected chi connectivity index (χ3v) is 3.73. The first kappa shape index (κ1) is 13.5. The molecule has 4 heteroatoms. The maximum atomic E-state index is 5.91. The molecule has 0 aliphatic carbocycles. The van der Waals surface area contributed by atoms with Crippen LogP contribution in [0.5, 0.6) is 5.75 Å². The molecule has 106 valence electrons. The molecular formula is C16H18ClNO2. The molecule has 0 spiro atoms. The molecule has 1 atom stereocenters. The zero-order chi connectivity index (χ0) is 13.9. The average molecular weight is 292 g/mol. The monoisotopic (exact) mass is 291 g/mol. The number of halogens is 1. The Hall–Kier alpha value is -1.45. The van der Waals surface area contributed by atoms with Gasteiger partial charge in [0, 0.05) is 6.42 Å². The molecule has 0 fully saturated rings. The summed E-state index contributed by atoms with van der Waals surface area (Å²) < 4.78 is 11.1. The topological polar surface area (TPSA) is 34.4 Å². The first-order chi connectivity index (χ1) is 9.78. The van der Waals surface area contributed by atoms with Crippen LogP contribution in [-0.2, 0) is 6.42 Å². The second-order valence-electron chi connectivity index (χ2n) is 4.99. The van der Waals surface area contributed by atoms with Gasteiger partial charge in [0.05, 0.1) is 12.6 Å².